The zero-order valence-corrected chi connectivity index (χ0v) is 14.9. The standard InChI is InChI=1S/C19H22F3N3O/c1-3-13-7-6-8-14(11-13)25(2)18-23-12-16(19(20,21)22)17(24-18)26-15-9-4-5-10-15/h6-8,11-12,15H,3-5,9-10H2,1-2H3. The van der Waals surface area contributed by atoms with Crippen LogP contribution in [0.15, 0.2) is 30.5 Å². The van der Waals surface area contributed by atoms with E-state index in [4.69, 9.17) is 4.74 Å². The molecule has 0 amide bonds. The summed E-state index contributed by atoms with van der Waals surface area (Å²) in [5.74, 6) is -0.202. The number of halogens is 3. The van der Waals surface area contributed by atoms with Gasteiger partial charge in [-0.1, -0.05) is 19.1 Å². The molecule has 0 spiro atoms. The molecular weight excluding hydrogens is 343 g/mol. The Hall–Kier alpha value is -2.31. The second-order valence-corrected chi connectivity index (χ2v) is 6.49. The number of aryl methyl sites for hydroxylation is 1. The van der Waals surface area contributed by atoms with E-state index in [9.17, 15) is 13.2 Å². The summed E-state index contributed by atoms with van der Waals surface area (Å²) in [5.41, 5.74) is 1.02. The molecule has 4 nitrogen and oxygen atoms in total. The Morgan fingerprint density at radius 1 is 1.23 bits per heavy atom. The number of nitrogens with zero attached hydrogens (tertiary/aromatic N) is 3. The van der Waals surface area contributed by atoms with Crippen molar-refractivity contribution in [3.05, 3.63) is 41.6 Å². The molecule has 140 valence electrons. The first-order chi connectivity index (χ1) is 12.4. The summed E-state index contributed by atoms with van der Waals surface area (Å²) in [4.78, 5) is 9.70. The SMILES string of the molecule is CCc1cccc(N(C)c2ncc(C(F)(F)F)c(OC3CCCC3)n2)c1. The number of alkyl halides is 3. The van der Waals surface area contributed by atoms with Crippen molar-refractivity contribution in [3.8, 4) is 5.88 Å². The maximum absolute atomic E-state index is 13.3. The van der Waals surface area contributed by atoms with Crippen molar-refractivity contribution >= 4 is 11.6 Å². The molecule has 1 aromatic heterocycles. The van der Waals surface area contributed by atoms with Crippen LogP contribution in [0.5, 0.6) is 5.88 Å². The third kappa shape index (κ3) is 4.08. The van der Waals surface area contributed by atoms with Gasteiger partial charge in [0.1, 0.15) is 11.7 Å². The third-order valence-electron chi connectivity index (χ3n) is 4.63. The molecule has 0 aliphatic heterocycles. The Morgan fingerprint density at radius 2 is 1.96 bits per heavy atom. The fourth-order valence-corrected chi connectivity index (χ4v) is 3.07. The van der Waals surface area contributed by atoms with E-state index < -0.39 is 11.7 Å². The van der Waals surface area contributed by atoms with Crippen LogP contribution in [0, 0.1) is 0 Å². The first-order valence-corrected chi connectivity index (χ1v) is 8.82. The van der Waals surface area contributed by atoms with Gasteiger partial charge in [-0.05, 0) is 49.8 Å². The van der Waals surface area contributed by atoms with Gasteiger partial charge in [-0.15, -0.1) is 0 Å². The monoisotopic (exact) mass is 365 g/mol. The minimum Gasteiger partial charge on any atom is -0.474 e. The molecule has 26 heavy (non-hydrogen) atoms. The molecule has 3 rings (SSSR count). The van der Waals surface area contributed by atoms with Crippen LogP contribution in [0.25, 0.3) is 0 Å². The van der Waals surface area contributed by atoms with Gasteiger partial charge in [0.05, 0.1) is 0 Å². The highest BCUT2D eigenvalue weighted by Gasteiger charge is 2.37. The van der Waals surface area contributed by atoms with E-state index in [0.717, 1.165) is 49.6 Å². The molecule has 2 aromatic rings. The van der Waals surface area contributed by atoms with Crippen LogP contribution in [0.4, 0.5) is 24.8 Å². The van der Waals surface area contributed by atoms with Gasteiger partial charge in [0.2, 0.25) is 11.8 Å². The van der Waals surface area contributed by atoms with Gasteiger partial charge in [0.25, 0.3) is 0 Å². The van der Waals surface area contributed by atoms with Crippen molar-refractivity contribution in [2.45, 2.75) is 51.3 Å². The molecule has 0 bridgehead atoms. The topological polar surface area (TPSA) is 38.2 Å². The van der Waals surface area contributed by atoms with Crippen LogP contribution < -0.4 is 9.64 Å². The summed E-state index contributed by atoms with van der Waals surface area (Å²) >= 11 is 0. The van der Waals surface area contributed by atoms with Gasteiger partial charge in [-0.2, -0.15) is 18.2 Å². The van der Waals surface area contributed by atoms with Gasteiger partial charge in [-0.3, -0.25) is 0 Å². The fraction of sp³-hybridized carbons (Fsp3) is 0.474. The number of hydrogen-bond acceptors (Lipinski definition) is 4. The van der Waals surface area contributed by atoms with Crippen molar-refractivity contribution in [2.24, 2.45) is 0 Å². The summed E-state index contributed by atoms with van der Waals surface area (Å²) in [6.45, 7) is 2.04. The second-order valence-electron chi connectivity index (χ2n) is 6.49. The Morgan fingerprint density at radius 3 is 2.62 bits per heavy atom. The molecule has 0 atom stereocenters. The van der Waals surface area contributed by atoms with Crippen LogP contribution in [0.3, 0.4) is 0 Å². The number of anilines is 2. The van der Waals surface area contributed by atoms with E-state index in [2.05, 4.69) is 9.97 Å². The van der Waals surface area contributed by atoms with E-state index in [1.165, 1.54) is 0 Å². The third-order valence-corrected chi connectivity index (χ3v) is 4.63. The smallest absolute Gasteiger partial charge is 0.423 e. The quantitative estimate of drug-likeness (QED) is 0.735. The van der Waals surface area contributed by atoms with Crippen molar-refractivity contribution in [2.75, 3.05) is 11.9 Å². The van der Waals surface area contributed by atoms with Crippen LogP contribution in [0.1, 0.15) is 43.7 Å². The lowest BCUT2D eigenvalue weighted by molar-refractivity contribution is -0.139. The number of hydrogen-bond donors (Lipinski definition) is 0. The van der Waals surface area contributed by atoms with Crippen molar-refractivity contribution in [3.63, 3.8) is 0 Å². The zero-order chi connectivity index (χ0) is 18.7. The molecule has 1 saturated carbocycles. The molecule has 1 fully saturated rings. The van der Waals surface area contributed by atoms with Gasteiger partial charge in [0.15, 0.2) is 0 Å². The molecule has 7 heteroatoms. The zero-order valence-electron chi connectivity index (χ0n) is 14.9. The maximum Gasteiger partial charge on any atom is 0.423 e. The Balaban J connectivity index is 1.94. The van der Waals surface area contributed by atoms with E-state index in [-0.39, 0.29) is 17.9 Å². The van der Waals surface area contributed by atoms with E-state index >= 15 is 0 Å². The predicted molar refractivity (Wildman–Crippen MR) is 93.8 cm³/mol. The highest BCUT2D eigenvalue weighted by atomic mass is 19.4. The van der Waals surface area contributed by atoms with Gasteiger partial charge in [0, 0.05) is 18.9 Å². The number of ether oxygens (including phenoxy) is 1. The van der Waals surface area contributed by atoms with Gasteiger partial charge < -0.3 is 9.64 Å². The highest BCUT2D eigenvalue weighted by Crippen LogP contribution is 2.37. The maximum atomic E-state index is 13.3. The van der Waals surface area contributed by atoms with Crippen LogP contribution in [0.2, 0.25) is 0 Å². The summed E-state index contributed by atoms with van der Waals surface area (Å²) in [7, 11) is 1.73. The lowest BCUT2D eigenvalue weighted by atomic mass is 10.1. The molecular formula is C19H22F3N3O. The average Bonchev–Trinajstić information content (AvgIpc) is 3.13. The summed E-state index contributed by atoms with van der Waals surface area (Å²) in [6.07, 6.45) is 0.357. The summed E-state index contributed by atoms with van der Waals surface area (Å²) in [6, 6.07) is 7.75. The molecule has 0 radical (unpaired) electrons. The molecule has 0 unspecified atom stereocenters. The minimum atomic E-state index is -4.55. The first kappa shape index (κ1) is 18.5. The number of rotatable bonds is 5. The van der Waals surface area contributed by atoms with Crippen molar-refractivity contribution in [1.82, 2.24) is 9.97 Å². The molecule has 1 aliphatic rings. The Bertz CT molecular complexity index is 758. The van der Waals surface area contributed by atoms with E-state index in [1.807, 2.05) is 31.2 Å². The highest BCUT2D eigenvalue weighted by molar-refractivity contribution is 5.58. The predicted octanol–water partition coefficient (Wildman–Crippen LogP) is 5.15. The summed E-state index contributed by atoms with van der Waals surface area (Å²) in [5, 5.41) is 0. The minimum absolute atomic E-state index is 0.180. The lowest BCUT2D eigenvalue weighted by Crippen LogP contribution is -2.20. The van der Waals surface area contributed by atoms with E-state index in [0.29, 0.717) is 0 Å². The molecule has 1 aliphatic carbocycles. The van der Waals surface area contributed by atoms with Crippen LogP contribution in [-0.2, 0) is 12.6 Å². The van der Waals surface area contributed by atoms with Crippen LogP contribution >= 0.6 is 0 Å². The normalized spacial score (nSPS) is 15.3. The molecule has 1 aromatic carbocycles. The first-order valence-electron chi connectivity index (χ1n) is 8.82. The second kappa shape index (κ2) is 7.51. The number of benzene rings is 1. The van der Waals surface area contributed by atoms with Crippen LogP contribution in [-0.4, -0.2) is 23.1 Å². The molecule has 0 N–H and O–H groups in total. The average molecular weight is 365 g/mol. The lowest BCUT2D eigenvalue weighted by Gasteiger charge is -2.21. The van der Waals surface area contributed by atoms with Crippen molar-refractivity contribution in [1.29, 1.82) is 0 Å². The summed E-state index contributed by atoms with van der Waals surface area (Å²) < 4.78 is 45.5. The van der Waals surface area contributed by atoms with Gasteiger partial charge >= 0.3 is 6.18 Å². The van der Waals surface area contributed by atoms with E-state index in [1.54, 1.807) is 11.9 Å². The Kier molecular flexibility index (Phi) is 5.34. The Labute approximate surface area is 151 Å². The largest absolute Gasteiger partial charge is 0.474 e. The fourth-order valence-electron chi connectivity index (χ4n) is 3.07. The number of aromatic nitrogens is 2. The van der Waals surface area contributed by atoms with Gasteiger partial charge in [-0.25, -0.2) is 4.98 Å². The molecule has 0 saturated heterocycles. The molecule has 1 heterocycles. The van der Waals surface area contributed by atoms with Crippen molar-refractivity contribution < 1.29 is 17.9 Å².